The topological polar surface area (TPSA) is 3.88 Å². The van der Waals surface area contributed by atoms with Crippen LogP contribution < -0.4 is 4.57 Å². The summed E-state index contributed by atoms with van der Waals surface area (Å²) in [5, 5.41) is 0. The zero-order valence-electron chi connectivity index (χ0n) is 15.6. The smallest absolute Gasteiger partial charge is 0.201 e. The third-order valence-corrected chi connectivity index (χ3v) is 6.45. The van der Waals surface area contributed by atoms with Gasteiger partial charge >= 0.3 is 0 Å². The van der Waals surface area contributed by atoms with Crippen LogP contribution in [0.25, 0.3) is 11.3 Å². The number of pyridine rings is 1. The van der Waals surface area contributed by atoms with Gasteiger partial charge in [-0.15, -0.1) is 0 Å². The van der Waals surface area contributed by atoms with E-state index in [9.17, 15) is 0 Å². The Hall–Kier alpha value is -2.06. The molecule has 0 saturated heterocycles. The predicted molar refractivity (Wildman–Crippen MR) is 105 cm³/mol. The molecule has 1 aliphatic rings. The summed E-state index contributed by atoms with van der Waals surface area (Å²) >= 11 is 1.90. The van der Waals surface area contributed by atoms with Crippen molar-refractivity contribution in [1.82, 2.24) is 0 Å². The van der Waals surface area contributed by atoms with Gasteiger partial charge in [0, 0.05) is 26.8 Å². The molecule has 2 heterocycles. The van der Waals surface area contributed by atoms with E-state index in [0.29, 0.717) is 0 Å². The molecular weight excluding hydrogens is 322 g/mol. The van der Waals surface area contributed by atoms with E-state index >= 15 is 0 Å². The van der Waals surface area contributed by atoms with Crippen LogP contribution in [0.5, 0.6) is 0 Å². The van der Waals surface area contributed by atoms with Crippen LogP contribution >= 0.6 is 11.8 Å². The number of hydrogen-bond acceptors (Lipinski definition) is 1. The van der Waals surface area contributed by atoms with Gasteiger partial charge < -0.3 is 0 Å². The Balaban J connectivity index is 2.04. The van der Waals surface area contributed by atoms with Crippen LogP contribution in [-0.4, -0.2) is 0 Å². The maximum Gasteiger partial charge on any atom is 0.212 e. The normalized spacial score (nSPS) is 14.8. The molecule has 1 aliphatic heterocycles. The van der Waals surface area contributed by atoms with E-state index in [1.165, 1.54) is 43.3 Å². The fourth-order valence-electron chi connectivity index (χ4n) is 4.05. The van der Waals surface area contributed by atoms with Gasteiger partial charge in [0.2, 0.25) is 5.69 Å². The molecule has 25 heavy (non-hydrogen) atoms. The van der Waals surface area contributed by atoms with E-state index in [1.807, 2.05) is 11.8 Å². The van der Waals surface area contributed by atoms with Gasteiger partial charge in [0.1, 0.15) is 7.05 Å². The Morgan fingerprint density at radius 3 is 2.40 bits per heavy atom. The first-order valence-electron chi connectivity index (χ1n) is 8.77. The molecule has 0 aliphatic carbocycles. The summed E-state index contributed by atoms with van der Waals surface area (Å²) in [7, 11) is 2.15. The second-order valence-electron chi connectivity index (χ2n) is 7.56. The molecule has 0 radical (unpaired) electrons. The van der Waals surface area contributed by atoms with Crippen molar-refractivity contribution in [3.05, 3.63) is 77.0 Å². The molecular formula is C23H24NS+. The van der Waals surface area contributed by atoms with Gasteiger partial charge in [-0.25, -0.2) is 4.57 Å². The summed E-state index contributed by atoms with van der Waals surface area (Å²) in [5.74, 6) is 0. The number of rotatable bonds is 1. The second kappa shape index (κ2) is 5.74. The van der Waals surface area contributed by atoms with Crippen LogP contribution in [0.3, 0.4) is 0 Å². The third-order valence-electron chi connectivity index (χ3n) is 5.32. The Morgan fingerprint density at radius 2 is 1.64 bits per heavy atom. The van der Waals surface area contributed by atoms with Crippen LogP contribution in [0.4, 0.5) is 0 Å². The molecule has 3 aromatic rings. The van der Waals surface area contributed by atoms with Crippen molar-refractivity contribution in [2.45, 2.75) is 42.9 Å². The fourth-order valence-corrected chi connectivity index (χ4v) is 5.47. The summed E-state index contributed by atoms with van der Waals surface area (Å²) in [4.78, 5) is 2.76. The minimum Gasteiger partial charge on any atom is -0.201 e. The maximum atomic E-state index is 2.36. The number of aromatic nitrogens is 1. The van der Waals surface area contributed by atoms with Crippen molar-refractivity contribution in [1.29, 1.82) is 0 Å². The van der Waals surface area contributed by atoms with Gasteiger partial charge in [-0.1, -0.05) is 49.9 Å². The number of nitrogens with zero attached hydrogens (tertiary/aromatic N) is 1. The lowest BCUT2D eigenvalue weighted by atomic mass is 9.74. The van der Waals surface area contributed by atoms with Gasteiger partial charge in [0.15, 0.2) is 6.20 Å². The average molecular weight is 347 g/mol. The van der Waals surface area contributed by atoms with Crippen LogP contribution in [0.15, 0.2) is 64.5 Å². The molecule has 0 N–H and O–H groups in total. The van der Waals surface area contributed by atoms with Crippen molar-refractivity contribution in [3.8, 4) is 11.3 Å². The van der Waals surface area contributed by atoms with E-state index in [4.69, 9.17) is 0 Å². The fraction of sp³-hybridized carbons (Fsp3) is 0.261. The van der Waals surface area contributed by atoms with Crippen LogP contribution in [0.2, 0.25) is 0 Å². The van der Waals surface area contributed by atoms with Crippen molar-refractivity contribution >= 4 is 11.8 Å². The van der Waals surface area contributed by atoms with E-state index < -0.39 is 0 Å². The molecule has 0 bridgehead atoms. The Kier molecular flexibility index (Phi) is 3.77. The van der Waals surface area contributed by atoms with Crippen LogP contribution in [0.1, 0.15) is 36.1 Å². The Labute approximate surface area is 154 Å². The molecule has 0 saturated carbocycles. The summed E-state index contributed by atoms with van der Waals surface area (Å²) < 4.78 is 2.26. The number of aryl methyl sites for hydroxylation is 3. The molecule has 0 atom stereocenters. The van der Waals surface area contributed by atoms with Gasteiger partial charge in [0.25, 0.3) is 0 Å². The van der Waals surface area contributed by atoms with E-state index in [2.05, 4.69) is 94.0 Å². The predicted octanol–water partition coefficient (Wildman–Crippen LogP) is 5.59. The molecule has 0 spiro atoms. The molecule has 1 nitrogen and oxygen atoms in total. The Bertz CT molecular complexity index is 985. The molecule has 2 aromatic carbocycles. The van der Waals surface area contributed by atoms with Crippen molar-refractivity contribution < 1.29 is 4.57 Å². The van der Waals surface area contributed by atoms with E-state index in [-0.39, 0.29) is 5.41 Å². The highest BCUT2D eigenvalue weighted by Crippen LogP contribution is 2.52. The first-order valence-corrected chi connectivity index (χ1v) is 9.59. The van der Waals surface area contributed by atoms with Gasteiger partial charge in [-0.3, -0.25) is 0 Å². The second-order valence-corrected chi connectivity index (χ2v) is 8.64. The van der Waals surface area contributed by atoms with E-state index in [1.54, 1.807) is 0 Å². The average Bonchev–Trinajstić information content (AvgIpc) is 2.56. The lowest BCUT2D eigenvalue weighted by molar-refractivity contribution is -0.660. The molecule has 126 valence electrons. The largest absolute Gasteiger partial charge is 0.212 e. The number of fused-ring (bicyclic) bond motifs is 2. The SMILES string of the molecule is Cc1ccc(-c2c(C)ccc3c2C(C)(C)c2ccccc2S3)[n+](C)c1. The monoisotopic (exact) mass is 346 g/mol. The highest BCUT2D eigenvalue weighted by atomic mass is 32.2. The zero-order valence-corrected chi connectivity index (χ0v) is 16.4. The molecule has 2 heteroatoms. The maximum absolute atomic E-state index is 2.36. The van der Waals surface area contributed by atoms with Crippen molar-refractivity contribution in [2.75, 3.05) is 0 Å². The molecule has 4 rings (SSSR count). The summed E-state index contributed by atoms with van der Waals surface area (Å²) in [6.07, 6.45) is 2.21. The standard InChI is InChI=1S/C23H24NS/c1-15-10-12-18(24(5)14-15)21-16(2)11-13-20-22(21)23(3,4)17-8-6-7-9-19(17)25-20/h6-14H,1-5H3/q+1. The number of benzene rings is 2. The van der Waals surface area contributed by atoms with Crippen molar-refractivity contribution in [2.24, 2.45) is 7.05 Å². The van der Waals surface area contributed by atoms with Gasteiger partial charge in [-0.05, 0) is 48.7 Å². The molecule has 0 fully saturated rings. The van der Waals surface area contributed by atoms with Gasteiger partial charge in [-0.2, -0.15) is 0 Å². The number of hydrogen-bond donors (Lipinski definition) is 0. The summed E-state index contributed by atoms with van der Waals surface area (Å²) in [5.41, 5.74) is 8.15. The first kappa shape index (κ1) is 16.4. The quantitative estimate of drug-likeness (QED) is 0.520. The summed E-state index contributed by atoms with van der Waals surface area (Å²) in [6.45, 7) is 9.10. The highest BCUT2D eigenvalue weighted by Gasteiger charge is 2.37. The van der Waals surface area contributed by atoms with E-state index in [0.717, 1.165) is 0 Å². The minimum absolute atomic E-state index is 0.0174. The Morgan fingerprint density at radius 1 is 0.880 bits per heavy atom. The lowest BCUT2D eigenvalue weighted by Crippen LogP contribution is -2.33. The summed E-state index contributed by atoms with van der Waals surface area (Å²) in [6, 6.07) is 17.9. The molecule has 0 amide bonds. The van der Waals surface area contributed by atoms with Crippen LogP contribution in [-0.2, 0) is 12.5 Å². The molecule has 1 aromatic heterocycles. The highest BCUT2D eigenvalue weighted by molar-refractivity contribution is 7.99. The lowest BCUT2D eigenvalue weighted by Gasteiger charge is -2.36. The third kappa shape index (κ3) is 2.51. The van der Waals surface area contributed by atoms with Crippen LogP contribution in [0, 0.1) is 13.8 Å². The van der Waals surface area contributed by atoms with Crippen molar-refractivity contribution in [3.63, 3.8) is 0 Å². The first-order chi connectivity index (χ1) is 11.9. The molecule has 0 unspecified atom stereocenters. The zero-order chi connectivity index (χ0) is 17.8. The minimum atomic E-state index is -0.0174. The van der Waals surface area contributed by atoms with Gasteiger partial charge in [0.05, 0.1) is 5.56 Å².